The Balaban J connectivity index is 2.07. The summed E-state index contributed by atoms with van der Waals surface area (Å²) in [6.45, 7) is 0.700. The average molecular weight is 168 g/mol. The van der Waals surface area contributed by atoms with Crippen LogP contribution in [0.2, 0.25) is 0 Å². The molecule has 1 spiro atoms. The second-order valence-corrected chi connectivity index (χ2v) is 4.24. The van der Waals surface area contributed by atoms with Gasteiger partial charge in [0.1, 0.15) is 5.84 Å². The van der Waals surface area contributed by atoms with Crippen LogP contribution >= 0.6 is 0 Å². The fourth-order valence-corrected chi connectivity index (χ4v) is 2.55. The summed E-state index contributed by atoms with van der Waals surface area (Å²) in [5, 5.41) is 17.9. The molecule has 2 N–H and O–H groups in total. The van der Waals surface area contributed by atoms with Crippen LogP contribution in [-0.4, -0.2) is 22.7 Å². The van der Waals surface area contributed by atoms with Gasteiger partial charge in [0.05, 0.1) is 6.54 Å². The standard InChI is InChI=1S/C9H16N2O/c10-8-6-9(7-11(8)12)4-2-1-3-5-9/h10,12H,1-7H2. The van der Waals surface area contributed by atoms with Crippen LogP contribution in [0, 0.1) is 10.8 Å². The highest BCUT2D eigenvalue weighted by Crippen LogP contribution is 2.43. The summed E-state index contributed by atoms with van der Waals surface area (Å²) in [4.78, 5) is 0. The summed E-state index contributed by atoms with van der Waals surface area (Å²) in [5.74, 6) is 0.414. The van der Waals surface area contributed by atoms with E-state index in [9.17, 15) is 5.21 Å². The molecule has 1 saturated heterocycles. The van der Waals surface area contributed by atoms with E-state index in [0.29, 0.717) is 12.4 Å². The van der Waals surface area contributed by atoms with E-state index in [4.69, 9.17) is 5.41 Å². The number of nitrogens with one attached hydrogen (secondary N) is 1. The Morgan fingerprint density at radius 3 is 2.42 bits per heavy atom. The van der Waals surface area contributed by atoms with Gasteiger partial charge in [-0.25, -0.2) is 5.06 Å². The molecule has 1 aliphatic carbocycles. The van der Waals surface area contributed by atoms with Crippen molar-refractivity contribution < 1.29 is 5.21 Å². The van der Waals surface area contributed by atoms with E-state index in [1.54, 1.807) is 0 Å². The van der Waals surface area contributed by atoms with Gasteiger partial charge in [-0.1, -0.05) is 19.3 Å². The van der Waals surface area contributed by atoms with Gasteiger partial charge in [0.15, 0.2) is 0 Å². The van der Waals surface area contributed by atoms with Crippen LogP contribution in [0.15, 0.2) is 0 Å². The molecule has 1 saturated carbocycles. The lowest BCUT2D eigenvalue weighted by Gasteiger charge is -2.31. The minimum Gasteiger partial charge on any atom is -0.287 e. The van der Waals surface area contributed by atoms with Crippen molar-refractivity contribution in [2.24, 2.45) is 5.41 Å². The molecule has 1 aliphatic heterocycles. The largest absolute Gasteiger partial charge is 0.287 e. The SMILES string of the molecule is N=C1CC2(CCCCC2)CN1O. The zero-order chi connectivity index (χ0) is 8.60. The van der Waals surface area contributed by atoms with Crippen LogP contribution < -0.4 is 0 Å². The molecule has 0 radical (unpaired) electrons. The monoisotopic (exact) mass is 168 g/mol. The first-order chi connectivity index (χ1) is 5.72. The van der Waals surface area contributed by atoms with E-state index >= 15 is 0 Å². The molecule has 0 aromatic rings. The Bertz CT molecular complexity index is 197. The maximum Gasteiger partial charge on any atom is 0.121 e. The summed E-state index contributed by atoms with van der Waals surface area (Å²) >= 11 is 0. The number of hydrogen-bond acceptors (Lipinski definition) is 2. The first-order valence-electron chi connectivity index (χ1n) is 4.76. The third kappa shape index (κ3) is 1.22. The van der Waals surface area contributed by atoms with Crippen molar-refractivity contribution in [1.82, 2.24) is 5.06 Å². The van der Waals surface area contributed by atoms with Crippen LogP contribution in [0.5, 0.6) is 0 Å². The molecule has 0 bridgehead atoms. The average Bonchev–Trinajstić information content (AvgIpc) is 2.29. The maximum atomic E-state index is 9.32. The number of rotatable bonds is 0. The predicted octanol–water partition coefficient (Wildman–Crippen LogP) is 2.01. The van der Waals surface area contributed by atoms with Gasteiger partial charge in [-0.2, -0.15) is 0 Å². The van der Waals surface area contributed by atoms with Gasteiger partial charge >= 0.3 is 0 Å². The topological polar surface area (TPSA) is 47.3 Å². The third-order valence-corrected chi connectivity index (χ3v) is 3.25. The minimum absolute atomic E-state index is 0.268. The Hall–Kier alpha value is -0.570. The molecule has 0 amide bonds. The quantitative estimate of drug-likeness (QED) is 0.581. The number of hydroxylamine groups is 2. The highest BCUT2D eigenvalue weighted by molar-refractivity contribution is 5.81. The Morgan fingerprint density at radius 2 is 1.92 bits per heavy atom. The minimum atomic E-state index is 0.268. The van der Waals surface area contributed by atoms with Gasteiger partial charge in [-0.3, -0.25) is 10.6 Å². The van der Waals surface area contributed by atoms with Gasteiger partial charge in [0, 0.05) is 6.42 Å². The first-order valence-corrected chi connectivity index (χ1v) is 4.76. The number of amidine groups is 1. The Labute approximate surface area is 72.8 Å². The lowest BCUT2D eigenvalue weighted by molar-refractivity contribution is -0.0298. The normalized spacial score (nSPS) is 28.4. The highest BCUT2D eigenvalue weighted by atomic mass is 16.5. The van der Waals surface area contributed by atoms with E-state index in [-0.39, 0.29) is 5.41 Å². The lowest BCUT2D eigenvalue weighted by atomic mass is 9.73. The number of hydrogen-bond donors (Lipinski definition) is 2. The van der Waals surface area contributed by atoms with Gasteiger partial charge in [-0.05, 0) is 18.3 Å². The first kappa shape index (κ1) is 8.05. The molecule has 68 valence electrons. The van der Waals surface area contributed by atoms with Gasteiger partial charge < -0.3 is 0 Å². The van der Waals surface area contributed by atoms with Gasteiger partial charge in [0.25, 0.3) is 0 Å². The maximum absolute atomic E-state index is 9.32. The van der Waals surface area contributed by atoms with E-state index in [2.05, 4.69) is 0 Å². The predicted molar refractivity (Wildman–Crippen MR) is 46.4 cm³/mol. The van der Waals surface area contributed by atoms with Crippen LogP contribution in [0.1, 0.15) is 38.5 Å². The molecule has 12 heavy (non-hydrogen) atoms. The molecule has 1 heterocycles. The summed E-state index contributed by atoms with van der Waals surface area (Å²) in [6, 6.07) is 0. The van der Waals surface area contributed by atoms with Crippen molar-refractivity contribution in [3.63, 3.8) is 0 Å². The molecule has 0 atom stereocenters. The van der Waals surface area contributed by atoms with Crippen molar-refractivity contribution >= 4 is 5.84 Å². The van der Waals surface area contributed by atoms with E-state index in [0.717, 1.165) is 11.5 Å². The van der Waals surface area contributed by atoms with Gasteiger partial charge in [0.2, 0.25) is 0 Å². The van der Waals surface area contributed by atoms with Crippen LogP contribution in [-0.2, 0) is 0 Å². The van der Waals surface area contributed by atoms with E-state index in [1.165, 1.54) is 32.1 Å². The highest BCUT2D eigenvalue weighted by Gasteiger charge is 2.41. The molecular weight excluding hydrogens is 152 g/mol. The van der Waals surface area contributed by atoms with Gasteiger partial charge in [-0.15, -0.1) is 0 Å². The molecule has 2 rings (SSSR count). The van der Waals surface area contributed by atoms with Crippen molar-refractivity contribution in [1.29, 1.82) is 5.41 Å². The fourth-order valence-electron chi connectivity index (χ4n) is 2.55. The molecule has 0 aromatic carbocycles. The van der Waals surface area contributed by atoms with Crippen molar-refractivity contribution in [3.05, 3.63) is 0 Å². The lowest BCUT2D eigenvalue weighted by Crippen LogP contribution is -2.27. The summed E-state index contributed by atoms with van der Waals surface area (Å²) < 4.78 is 0. The van der Waals surface area contributed by atoms with E-state index < -0.39 is 0 Å². The van der Waals surface area contributed by atoms with Crippen LogP contribution in [0.3, 0.4) is 0 Å². The summed E-state index contributed by atoms with van der Waals surface area (Å²) in [6.07, 6.45) is 7.09. The molecule has 3 nitrogen and oxygen atoms in total. The fraction of sp³-hybridized carbons (Fsp3) is 0.889. The third-order valence-electron chi connectivity index (χ3n) is 3.25. The van der Waals surface area contributed by atoms with Crippen LogP contribution in [0.4, 0.5) is 0 Å². The molecule has 2 aliphatic rings. The van der Waals surface area contributed by atoms with Crippen molar-refractivity contribution in [2.45, 2.75) is 38.5 Å². The van der Waals surface area contributed by atoms with E-state index in [1.807, 2.05) is 0 Å². The van der Waals surface area contributed by atoms with Crippen molar-refractivity contribution in [3.8, 4) is 0 Å². The summed E-state index contributed by atoms with van der Waals surface area (Å²) in [7, 11) is 0. The zero-order valence-corrected chi connectivity index (χ0v) is 7.34. The Morgan fingerprint density at radius 1 is 1.25 bits per heavy atom. The molecule has 0 aromatic heterocycles. The smallest absolute Gasteiger partial charge is 0.121 e. The number of nitrogens with zero attached hydrogens (tertiary/aromatic N) is 1. The van der Waals surface area contributed by atoms with Crippen molar-refractivity contribution in [2.75, 3.05) is 6.54 Å². The summed E-state index contributed by atoms with van der Waals surface area (Å²) in [5.41, 5.74) is 0.268. The molecule has 2 fully saturated rings. The molecule has 0 unspecified atom stereocenters. The Kier molecular flexibility index (Phi) is 1.83. The second kappa shape index (κ2) is 2.73. The zero-order valence-electron chi connectivity index (χ0n) is 7.34. The molecular formula is C9H16N2O. The second-order valence-electron chi connectivity index (χ2n) is 4.24. The van der Waals surface area contributed by atoms with Crippen LogP contribution in [0.25, 0.3) is 0 Å². The molecule has 3 heteroatoms.